The van der Waals surface area contributed by atoms with Gasteiger partial charge in [-0.3, -0.25) is 24.0 Å². The number of benzene rings is 5. The molecule has 0 radical (unpaired) electrons. The summed E-state index contributed by atoms with van der Waals surface area (Å²) in [5.41, 5.74) is 13.5. The molecular weight excluding hydrogens is 759 g/mol. The first kappa shape index (κ1) is 43.3. The summed E-state index contributed by atoms with van der Waals surface area (Å²) in [7, 11) is 0. The lowest BCUT2D eigenvalue weighted by atomic mass is 9.95. The van der Waals surface area contributed by atoms with Crippen LogP contribution in [0.1, 0.15) is 48.8 Å². The van der Waals surface area contributed by atoms with Gasteiger partial charge in [0, 0.05) is 25.2 Å². The van der Waals surface area contributed by atoms with Crippen LogP contribution in [0.15, 0.2) is 109 Å². The number of unbranched alkanes of at least 4 members (excludes halogenated alkanes) is 1. The highest BCUT2D eigenvalue weighted by Gasteiger charge is 2.33. The number of rotatable bonds is 19. The average molecular weight is 814 g/mol. The number of phenols is 1. The van der Waals surface area contributed by atoms with E-state index in [0.717, 1.165) is 32.7 Å². The van der Waals surface area contributed by atoms with Gasteiger partial charge >= 0.3 is 0 Å². The fourth-order valence-electron chi connectivity index (χ4n) is 7.67. The number of nitrogens with two attached hydrogens (primary N) is 2. The predicted octanol–water partition coefficient (Wildman–Crippen LogP) is 3.28. The summed E-state index contributed by atoms with van der Waals surface area (Å²) in [5.74, 6) is -3.04. The lowest BCUT2D eigenvalue weighted by molar-refractivity contribution is -0.135. The predicted molar refractivity (Wildman–Crippen MR) is 233 cm³/mol. The molecule has 1 aliphatic rings. The molecule has 5 aromatic carbocycles. The molecule has 4 unspecified atom stereocenters. The van der Waals surface area contributed by atoms with Crippen molar-refractivity contribution in [3.63, 3.8) is 0 Å². The van der Waals surface area contributed by atoms with E-state index in [1.807, 2.05) is 84.9 Å². The zero-order valence-corrected chi connectivity index (χ0v) is 33.7. The molecule has 1 saturated heterocycles. The molecule has 4 atom stereocenters. The van der Waals surface area contributed by atoms with E-state index >= 15 is 0 Å². The quantitative estimate of drug-likeness (QED) is 0.0578. The first-order chi connectivity index (χ1) is 29.1. The zero-order chi connectivity index (χ0) is 42.4. The van der Waals surface area contributed by atoms with E-state index in [1.165, 1.54) is 12.1 Å². The molecule has 0 spiro atoms. The molecule has 314 valence electrons. The molecule has 10 N–H and O–H groups in total. The summed E-state index contributed by atoms with van der Waals surface area (Å²) in [6, 6.07) is 29.1. The maximum Gasteiger partial charge on any atom is 0.243 e. The van der Waals surface area contributed by atoms with Gasteiger partial charge in [0.25, 0.3) is 0 Å². The van der Waals surface area contributed by atoms with Crippen molar-refractivity contribution in [3.8, 4) is 5.75 Å². The number of carbonyl (C=O) groups is 5. The number of carbonyl (C=O) groups excluding carboxylic acids is 5. The first-order valence-corrected chi connectivity index (χ1v) is 20.7. The number of piperidine rings is 1. The smallest absolute Gasteiger partial charge is 0.243 e. The Kier molecular flexibility index (Phi) is 15.2. The Bertz CT molecular complexity index is 2280. The molecule has 1 heterocycles. The molecule has 1 fully saturated rings. The normalized spacial score (nSPS) is 15.0. The minimum Gasteiger partial charge on any atom is -0.508 e. The van der Waals surface area contributed by atoms with Crippen LogP contribution in [0.3, 0.4) is 0 Å². The summed E-state index contributed by atoms with van der Waals surface area (Å²) < 4.78 is 0. The van der Waals surface area contributed by atoms with Gasteiger partial charge in [-0.1, -0.05) is 97.1 Å². The second-order valence-corrected chi connectivity index (χ2v) is 15.6. The Labute approximate surface area is 350 Å². The van der Waals surface area contributed by atoms with Crippen LogP contribution in [0.25, 0.3) is 21.5 Å². The summed E-state index contributed by atoms with van der Waals surface area (Å²) in [4.78, 5) is 69.2. The molecular formula is C47H55N7O6. The fourth-order valence-corrected chi connectivity index (χ4v) is 7.67. The van der Waals surface area contributed by atoms with E-state index in [0.29, 0.717) is 50.9 Å². The van der Waals surface area contributed by atoms with Crippen molar-refractivity contribution in [3.05, 3.63) is 126 Å². The highest BCUT2D eigenvalue weighted by molar-refractivity contribution is 5.96. The molecule has 60 heavy (non-hydrogen) atoms. The second-order valence-electron chi connectivity index (χ2n) is 15.6. The van der Waals surface area contributed by atoms with Crippen LogP contribution in [0.5, 0.6) is 5.75 Å². The molecule has 1 aliphatic heterocycles. The number of amides is 5. The van der Waals surface area contributed by atoms with Gasteiger partial charge in [0.15, 0.2) is 0 Å². The van der Waals surface area contributed by atoms with Crippen LogP contribution in [0, 0.1) is 5.92 Å². The van der Waals surface area contributed by atoms with Crippen molar-refractivity contribution >= 4 is 51.1 Å². The maximum atomic E-state index is 14.6. The van der Waals surface area contributed by atoms with Crippen LogP contribution in [0.4, 0.5) is 0 Å². The topological polar surface area (TPSA) is 218 Å². The lowest BCUT2D eigenvalue weighted by Crippen LogP contribution is -2.59. The molecule has 0 bridgehead atoms. The summed E-state index contributed by atoms with van der Waals surface area (Å²) in [6.45, 7) is 1.80. The third kappa shape index (κ3) is 12.1. The Morgan fingerprint density at radius 1 is 0.583 bits per heavy atom. The Hall–Kier alpha value is -6.31. The number of phenolic OH excluding ortho intramolecular Hbond substituents is 1. The van der Waals surface area contributed by atoms with E-state index < -0.39 is 47.8 Å². The van der Waals surface area contributed by atoms with Crippen LogP contribution in [-0.4, -0.2) is 78.4 Å². The number of primary amides is 1. The van der Waals surface area contributed by atoms with Gasteiger partial charge in [-0.05, 0) is 102 Å². The van der Waals surface area contributed by atoms with Crippen molar-refractivity contribution in [2.24, 2.45) is 17.4 Å². The van der Waals surface area contributed by atoms with Crippen molar-refractivity contribution in [2.75, 3.05) is 19.6 Å². The van der Waals surface area contributed by atoms with Crippen LogP contribution in [0.2, 0.25) is 0 Å². The van der Waals surface area contributed by atoms with Crippen molar-refractivity contribution in [2.45, 2.75) is 75.5 Å². The van der Waals surface area contributed by atoms with Gasteiger partial charge in [-0.15, -0.1) is 0 Å². The zero-order valence-electron chi connectivity index (χ0n) is 33.7. The van der Waals surface area contributed by atoms with Crippen molar-refractivity contribution in [1.82, 2.24) is 26.6 Å². The van der Waals surface area contributed by atoms with Gasteiger partial charge in [0.05, 0.1) is 0 Å². The Morgan fingerprint density at radius 3 is 1.53 bits per heavy atom. The number of fused-ring (bicyclic) bond motifs is 2. The molecule has 5 amide bonds. The van der Waals surface area contributed by atoms with Crippen LogP contribution >= 0.6 is 0 Å². The first-order valence-electron chi connectivity index (χ1n) is 20.7. The van der Waals surface area contributed by atoms with Gasteiger partial charge in [0.1, 0.15) is 29.9 Å². The van der Waals surface area contributed by atoms with E-state index in [4.69, 9.17) is 11.5 Å². The van der Waals surface area contributed by atoms with Gasteiger partial charge in [0.2, 0.25) is 29.5 Å². The summed E-state index contributed by atoms with van der Waals surface area (Å²) in [5, 5.41) is 28.7. The average Bonchev–Trinajstić information content (AvgIpc) is 3.26. The second kappa shape index (κ2) is 21.1. The van der Waals surface area contributed by atoms with Crippen LogP contribution < -0.4 is 38.1 Å². The SMILES string of the molecule is NCCCCC(NC(=O)C(Cc1ccc(O)cc1)NC(=O)C(Cc1ccc2ccccc2c1)NC(=O)C(Cc1ccc2ccccc2c1)NC(=O)C1CCNCC1)C(N)=O. The van der Waals surface area contributed by atoms with Crippen LogP contribution in [-0.2, 0) is 43.2 Å². The lowest BCUT2D eigenvalue weighted by Gasteiger charge is -2.28. The third-order valence-electron chi connectivity index (χ3n) is 11.1. The minimum atomic E-state index is -1.21. The highest BCUT2D eigenvalue weighted by Crippen LogP contribution is 2.20. The van der Waals surface area contributed by atoms with E-state index in [1.54, 1.807) is 12.1 Å². The molecule has 13 nitrogen and oxygen atoms in total. The Morgan fingerprint density at radius 2 is 1.03 bits per heavy atom. The van der Waals surface area contributed by atoms with E-state index in [9.17, 15) is 29.1 Å². The largest absolute Gasteiger partial charge is 0.508 e. The number of nitrogens with one attached hydrogen (secondary N) is 5. The molecule has 13 heteroatoms. The number of aromatic hydroxyl groups is 1. The summed E-state index contributed by atoms with van der Waals surface area (Å²) in [6.07, 6.45) is 2.94. The van der Waals surface area contributed by atoms with Crippen molar-refractivity contribution in [1.29, 1.82) is 0 Å². The number of hydrogen-bond acceptors (Lipinski definition) is 8. The minimum absolute atomic E-state index is 0.000330. The molecule has 5 aromatic rings. The van der Waals surface area contributed by atoms with Gasteiger partial charge in [-0.2, -0.15) is 0 Å². The standard InChI is InChI=1S/C47H55N7O6/c48-22-6-5-11-39(43(49)56)51-45(58)40(27-30-14-18-38(55)19-15-30)53-47(60)42(29-32-13-17-34-8-2-4-10-37(34)26-32)54-46(59)41(52-44(57)35-20-23-50-24-21-35)28-31-12-16-33-7-1-3-9-36(33)25-31/h1-4,7-10,12-19,25-26,35,39-42,50,55H,5-6,11,20-24,27-29,48H2,(H2,49,56)(H,51,58)(H,52,57)(H,53,60)(H,54,59). The van der Waals surface area contributed by atoms with Crippen molar-refractivity contribution < 1.29 is 29.1 Å². The monoisotopic (exact) mass is 813 g/mol. The van der Waals surface area contributed by atoms with E-state index in [2.05, 4.69) is 26.6 Å². The van der Waals surface area contributed by atoms with E-state index in [-0.39, 0.29) is 43.3 Å². The molecule has 0 aliphatic carbocycles. The molecule has 0 saturated carbocycles. The third-order valence-corrected chi connectivity index (χ3v) is 11.1. The van der Waals surface area contributed by atoms with Gasteiger partial charge < -0.3 is 43.2 Å². The number of hydrogen-bond donors (Lipinski definition) is 8. The highest BCUT2D eigenvalue weighted by atomic mass is 16.3. The van der Waals surface area contributed by atoms with Gasteiger partial charge in [-0.25, -0.2) is 0 Å². The molecule has 6 rings (SSSR count). The fraction of sp³-hybridized carbons (Fsp3) is 0.340. The maximum absolute atomic E-state index is 14.6. The summed E-state index contributed by atoms with van der Waals surface area (Å²) >= 11 is 0. The Balaban J connectivity index is 1.30. The molecule has 0 aromatic heterocycles.